The standard InChI is InChI=1S/C17H22N2O/c1-19-16-9-5-4-8-14(16)15(12-17(19)20)18-11-10-13-6-2-3-7-13/h4-6,8-9,15,18H,2-3,7,10-12H2,1H3. The second kappa shape index (κ2) is 5.80. The van der Waals surface area contributed by atoms with Gasteiger partial charge in [0.1, 0.15) is 0 Å². The fourth-order valence-corrected chi connectivity index (χ4v) is 3.20. The van der Waals surface area contributed by atoms with Crippen molar-refractivity contribution in [3.05, 3.63) is 41.5 Å². The highest BCUT2D eigenvalue weighted by molar-refractivity contribution is 5.96. The van der Waals surface area contributed by atoms with Crippen LogP contribution in [0.5, 0.6) is 0 Å². The van der Waals surface area contributed by atoms with Gasteiger partial charge >= 0.3 is 0 Å². The van der Waals surface area contributed by atoms with Crippen molar-refractivity contribution < 1.29 is 4.79 Å². The van der Waals surface area contributed by atoms with Crippen molar-refractivity contribution in [2.45, 2.75) is 38.1 Å². The molecule has 1 atom stereocenters. The summed E-state index contributed by atoms with van der Waals surface area (Å²) in [4.78, 5) is 13.8. The van der Waals surface area contributed by atoms with Crippen LogP contribution >= 0.6 is 0 Å². The molecule has 3 heteroatoms. The molecule has 1 N–H and O–H groups in total. The molecule has 1 amide bonds. The first-order valence-electron chi connectivity index (χ1n) is 7.52. The van der Waals surface area contributed by atoms with E-state index in [1.54, 1.807) is 10.5 Å². The van der Waals surface area contributed by atoms with Crippen LogP contribution < -0.4 is 10.2 Å². The number of carbonyl (C=O) groups is 1. The molecule has 0 aromatic heterocycles. The predicted octanol–water partition coefficient (Wildman–Crippen LogP) is 3.18. The molecule has 106 valence electrons. The zero-order chi connectivity index (χ0) is 13.9. The van der Waals surface area contributed by atoms with Crippen molar-refractivity contribution in [2.24, 2.45) is 0 Å². The average Bonchev–Trinajstić information content (AvgIpc) is 2.97. The number of hydrogen-bond donors (Lipinski definition) is 1. The van der Waals surface area contributed by atoms with E-state index in [1.807, 2.05) is 19.2 Å². The Bertz CT molecular complexity index is 536. The lowest BCUT2D eigenvalue weighted by Gasteiger charge is -2.32. The zero-order valence-electron chi connectivity index (χ0n) is 12.1. The fraction of sp³-hybridized carbons (Fsp3) is 0.471. The Morgan fingerprint density at radius 3 is 3.00 bits per heavy atom. The molecular weight excluding hydrogens is 248 g/mol. The maximum Gasteiger partial charge on any atom is 0.228 e. The Hall–Kier alpha value is -1.61. The summed E-state index contributed by atoms with van der Waals surface area (Å²) < 4.78 is 0. The van der Waals surface area contributed by atoms with Gasteiger partial charge in [-0.3, -0.25) is 4.79 Å². The number of rotatable bonds is 4. The number of para-hydroxylation sites is 1. The van der Waals surface area contributed by atoms with Crippen molar-refractivity contribution in [1.82, 2.24) is 5.32 Å². The second-order valence-corrected chi connectivity index (χ2v) is 5.73. The molecule has 0 spiro atoms. The summed E-state index contributed by atoms with van der Waals surface area (Å²) in [6, 6.07) is 8.37. The van der Waals surface area contributed by atoms with Crippen LogP contribution in [0.3, 0.4) is 0 Å². The quantitative estimate of drug-likeness (QED) is 0.852. The van der Waals surface area contributed by atoms with Crippen LogP contribution in [0.1, 0.15) is 43.7 Å². The van der Waals surface area contributed by atoms with Gasteiger partial charge in [-0.1, -0.05) is 29.8 Å². The van der Waals surface area contributed by atoms with Gasteiger partial charge in [0.15, 0.2) is 0 Å². The van der Waals surface area contributed by atoms with Gasteiger partial charge in [0, 0.05) is 25.2 Å². The maximum atomic E-state index is 12.1. The first kappa shape index (κ1) is 13.4. The Kier molecular flexibility index (Phi) is 3.88. The molecule has 1 aromatic rings. The summed E-state index contributed by atoms with van der Waals surface area (Å²) >= 11 is 0. The fourth-order valence-electron chi connectivity index (χ4n) is 3.20. The monoisotopic (exact) mass is 270 g/mol. The highest BCUT2D eigenvalue weighted by atomic mass is 16.2. The number of anilines is 1. The minimum Gasteiger partial charge on any atom is -0.315 e. The summed E-state index contributed by atoms with van der Waals surface area (Å²) in [5.41, 5.74) is 3.86. The van der Waals surface area contributed by atoms with Crippen molar-refractivity contribution in [1.29, 1.82) is 0 Å². The number of amides is 1. The summed E-state index contributed by atoms with van der Waals surface area (Å²) in [5.74, 6) is 0.196. The number of allylic oxidation sites excluding steroid dienone is 1. The number of hydrogen-bond acceptors (Lipinski definition) is 2. The van der Waals surface area contributed by atoms with E-state index in [0.717, 1.165) is 18.7 Å². The van der Waals surface area contributed by atoms with Gasteiger partial charge in [-0.15, -0.1) is 0 Å². The lowest BCUT2D eigenvalue weighted by Crippen LogP contribution is -2.38. The maximum absolute atomic E-state index is 12.1. The Labute approximate surface area is 120 Å². The normalized spacial score (nSPS) is 21.9. The molecule has 20 heavy (non-hydrogen) atoms. The topological polar surface area (TPSA) is 32.3 Å². The zero-order valence-corrected chi connectivity index (χ0v) is 12.1. The summed E-state index contributed by atoms with van der Waals surface area (Å²) in [7, 11) is 1.86. The largest absolute Gasteiger partial charge is 0.315 e. The Morgan fingerprint density at radius 2 is 2.20 bits per heavy atom. The molecule has 0 saturated carbocycles. The number of nitrogens with zero attached hydrogens (tertiary/aromatic N) is 1. The van der Waals surface area contributed by atoms with Crippen LogP contribution in [0.2, 0.25) is 0 Å². The molecular formula is C17H22N2O. The van der Waals surface area contributed by atoms with Crippen LogP contribution in [0.15, 0.2) is 35.9 Å². The van der Waals surface area contributed by atoms with Crippen molar-refractivity contribution in [2.75, 3.05) is 18.5 Å². The first-order valence-corrected chi connectivity index (χ1v) is 7.52. The molecule has 1 aliphatic heterocycles. The third-order valence-electron chi connectivity index (χ3n) is 4.40. The first-order chi connectivity index (χ1) is 9.75. The molecule has 3 nitrogen and oxygen atoms in total. The molecule has 0 radical (unpaired) electrons. The second-order valence-electron chi connectivity index (χ2n) is 5.73. The summed E-state index contributed by atoms with van der Waals surface area (Å²) in [5, 5.41) is 3.57. The van der Waals surface area contributed by atoms with E-state index in [2.05, 4.69) is 23.5 Å². The summed E-state index contributed by atoms with van der Waals surface area (Å²) in [6.07, 6.45) is 7.85. The third kappa shape index (κ3) is 2.63. The summed E-state index contributed by atoms with van der Waals surface area (Å²) in [6.45, 7) is 0.960. The highest BCUT2D eigenvalue weighted by Crippen LogP contribution is 2.33. The smallest absolute Gasteiger partial charge is 0.228 e. The number of nitrogens with one attached hydrogen (secondary N) is 1. The predicted molar refractivity (Wildman–Crippen MR) is 81.8 cm³/mol. The van der Waals surface area contributed by atoms with E-state index in [4.69, 9.17) is 0 Å². The van der Waals surface area contributed by atoms with E-state index in [9.17, 15) is 4.79 Å². The van der Waals surface area contributed by atoms with Crippen LogP contribution in [-0.4, -0.2) is 19.5 Å². The molecule has 1 heterocycles. The number of carbonyl (C=O) groups excluding carboxylic acids is 1. The van der Waals surface area contributed by atoms with Gasteiger partial charge in [-0.25, -0.2) is 0 Å². The van der Waals surface area contributed by atoms with Crippen molar-refractivity contribution in [3.63, 3.8) is 0 Å². The van der Waals surface area contributed by atoms with Crippen LogP contribution in [-0.2, 0) is 4.79 Å². The van der Waals surface area contributed by atoms with Crippen LogP contribution in [0.4, 0.5) is 5.69 Å². The van der Waals surface area contributed by atoms with Gasteiger partial charge in [-0.2, -0.15) is 0 Å². The van der Waals surface area contributed by atoms with Crippen LogP contribution in [0.25, 0.3) is 0 Å². The van der Waals surface area contributed by atoms with Crippen LogP contribution in [0, 0.1) is 0 Å². The van der Waals surface area contributed by atoms with E-state index < -0.39 is 0 Å². The number of benzene rings is 1. The number of fused-ring (bicyclic) bond motifs is 1. The van der Waals surface area contributed by atoms with Crippen molar-refractivity contribution in [3.8, 4) is 0 Å². The molecule has 1 unspecified atom stereocenters. The van der Waals surface area contributed by atoms with Crippen molar-refractivity contribution >= 4 is 11.6 Å². The molecule has 0 bridgehead atoms. The molecule has 1 aliphatic carbocycles. The highest BCUT2D eigenvalue weighted by Gasteiger charge is 2.28. The minimum atomic E-state index is 0.164. The molecule has 0 saturated heterocycles. The molecule has 1 aromatic carbocycles. The molecule has 0 fully saturated rings. The van der Waals surface area contributed by atoms with E-state index in [-0.39, 0.29) is 11.9 Å². The lowest BCUT2D eigenvalue weighted by molar-refractivity contribution is -0.119. The van der Waals surface area contributed by atoms with Gasteiger partial charge in [0.25, 0.3) is 0 Å². The van der Waals surface area contributed by atoms with Gasteiger partial charge in [-0.05, 0) is 43.9 Å². The van der Waals surface area contributed by atoms with E-state index >= 15 is 0 Å². The molecule has 2 aliphatic rings. The van der Waals surface area contributed by atoms with Gasteiger partial charge in [0.2, 0.25) is 5.91 Å². The SMILES string of the molecule is CN1C(=O)CC(NCCC2=CCCC2)c2ccccc21. The van der Waals surface area contributed by atoms with Gasteiger partial charge in [0.05, 0.1) is 0 Å². The Balaban J connectivity index is 1.67. The van der Waals surface area contributed by atoms with E-state index in [0.29, 0.717) is 6.42 Å². The van der Waals surface area contributed by atoms with Gasteiger partial charge < -0.3 is 10.2 Å². The Morgan fingerprint density at radius 1 is 1.35 bits per heavy atom. The lowest BCUT2D eigenvalue weighted by atomic mass is 9.96. The molecule has 3 rings (SSSR count). The third-order valence-corrected chi connectivity index (χ3v) is 4.40. The average molecular weight is 270 g/mol. The van der Waals surface area contributed by atoms with E-state index in [1.165, 1.54) is 24.8 Å². The minimum absolute atomic E-state index is 0.164.